The second-order valence-electron chi connectivity index (χ2n) is 2.99. The summed E-state index contributed by atoms with van der Waals surface area (Å²) in [5.41, 5.74) is 6.63. The summed E-state index contributed by atoms with van der Waals surface area (Å²) < 4.78 is 5.38. The highest BCUT2D eigenvalue weighted by molar-refractivity contribution is 6.29. The van der Waals surface area contributed by atoms with Gasteiger partial charge in [0.25, 0.3) is 0 Å². The molecule has 0 radical (unpaired) electrons. The van der Waals surface area contributed by atoms with Gasteiger partial charge in [0.1, 0.15) is 12.4 Å². The number of benzene rings is 1. The Morgan fingerprint density at radius 3 is 2.93 bits per heavy atom. The van der Waals surface area contributed by atoms with E-state index in [0.717, 1.165) is 12.2 Å². The molecule has 1 aromatic carbocycles. The summed E-state index contributed by atoms with van der Waals surface area (Å²) in [6, 6.07) is 7.82. The monoisotopic (exact) mass is 211 g/mol. The largest absolute Gasteiger partial charge is 0.488 e. The average molecular weight is 212 g/mol. The van der Waals surface area contributed by atoms with Crippen molar-refractivity contribution in [2.24, 2.45) is 5.73 Å². The second-order valence-corrected chi connectivity index (χ2v) is 3.53. The standard InChI is InChI=1S/C11H14ClNO/c1-9(12)8-14-11-4-2-3-10(7-11)5-6-13/h2-4,7H,1,5-6,8,13H2. The Kier molecular flexibility index (Phi) is 4.50. The van der Waals surface area contributed by atoms with E-state index in [2.05, 4.69) is 6.58 Å². The molecule has 0 saturated heterocycles. The number of nitrogens with two attached hydrogens (primary N) is 1. The lowest BCUT2D eigenvalue weighted by Gasteiger charge is -2.06. The highest BCUT2D eigenvalue weighted by Crippen LogP contribution is 2.14. The third-order valence-electron chi connectivity index (χ3n) is 1.73. The molecule has 0 atom stereocenters. The lowest BCUT2D eigenvalue weighted by Crippen LogP contribution is -2.03. The van der Waals surface area contributed by atoms with Crippen molar-refractivity contribution in [3.05, 3.63) is 41.4 Å². The van der Waals surface area contributed by atoms with E-state index < -0.39 is 0 Å². The van der Waals surface area contributed by atoms with E-state index in [1.54, 1.807) is 0 Å². The Bertz CT molecular complexity index is 312. The number of hydrogen-bond acceptors (Lipinski definition) is 2. The first kappa shape index (κ1) is 11.1. The third kappa shape index (κ3) is 3.81. The van der Waals surface area contributed by atoms with Crippen LogP contribution < -0.4 is 10.5 Å². The molecule has 76 valence electrons. The second kappa shape index (κ2) is 5.68. The van der Waals surface area contributed by atoms with Crippen molar-refractivity contribution in [1.82, 2.24) is 0 Å². The molecule has 3 heteroatoms. The van der Waals surface area contributed by atoms with Crippen LogP contribution in [0, 0.1) is 0 Å². The van der Waals surface area contributed by atoms with E-state index in [9.17, 15) is 0 Å². The zero-order valence-electron chi connectivity index (χ0n) is 8.00. The Morgan fingerprint density at radius 1 is 1.50 bits per heavy atom. The SMILES string of the molecule is C=C(Cl)COc1cccc(CCN)c1. The summed E-state index contributed by atoms with van der Waals surface area (Å²) in [6.45, 7) is 4.53. The fourth-order valence-corrected chi connectivity index (χ4v) is 1.17. The molecular weight excluding hydrogens is 198 g/mol. The maximum Gasteiger partial charge on any atom is 0.123 e. The molecular formula is C11H14ClNO. The van der Waals surface area contributed by atoms with Crippen LogP contribution in [0.1, 0.15) is 5.56 Å². The molecule has 0 aliphatic heterocycles. The van der Waals surface area contributed by atoms with Gasteiger partial charge in [0, 0.05) is 5.03 Å². The van der Waals surface area contributed by atoms with Crippen LogP contribution in [0.3, 0.4) is 0 Å². The maximum atomic E-state index is 5.59. The van der Waals surface area contributed by atoms with Gasteiger partial charge in [0.05, 0.1) is 0 Å². The van der Waals surface area contributed by atoms with Crippen LogP contribution in [0.4, 0.5) is 0 Å². The van der Waals surface area contributed by atoms with Gasteiger partial charge in [-0.05, 0) is 30.7 Å². The fourth-order valence-electron chi connectivity index (χ4n) is 1.12. The zero-order chi connectivity index (χ0) is 10.4. The fraction of sp³-hybridized carbons (Fsp3) is 0.273. The molecule has 0 fully saturated rings. The van der Waals surface area contributed by atoms with Gasteiger partial charge in [-0.1, -0.05) is 30.3 Å². The minimum atomic E-state index is 0.341. The van der Waals surface area contributed by atoms with Crippen molar-refractivity contribution in [2.75, 3.05) is 13.2 Å². The molecule has 0 heterocycles. The van der Waals surface area contributed by atoms with Gasteiger partial charge in [0.2, 0.25) is 0 Å². The number of ether oxygens (including phenoxy) is 1. The van der Waals surface area contributed by atoms with E-state index in [-0.39, 0.29) is 0 Å². The van der Waals surface area contributed by atoms with Crippen molar-refractivity contribution >= 4 is 11.6 Å². The first-order valence-corrected chi connectivity index (χ1v) is 4.85. The first-order chi connectivity index (χ1) is 6.72. The molecule has 1 aromatic rings. The van der Waals surface area contributed by atoms with Crippen molar-refractivity contribution < 1.29 is 4.74 Å². The van der Waals surface area contributed by atoms with Gasteiger partial charge in [0.15, 0.2) is 0 Å². The molecule has 0 bridgehead atoms. The number of rotatable bonds is 5. The summed E-state index contributed by atoms with van der Waals surface area (Å²) in [7, 11) is 0. The van der Waals surface area contributed by atoms with E-state index in [1.807, 2.05) is 24.3 Å². The minimum Gasteiger partial charge on any atom is -0.488 e. The summed E-state index contributed by atoms with van der Waals surface area (Å²) in [5.74, 6) is 0.803. The van der Waals surface area contributed by atoms with Gasteiger partial charge in [-0.3, -0.25) is 0 Å². The van der Waals surface area contributed by atoms with Crippen LogP contribution in [0.5, 0.6) is 5.75 Å². The van der Waals surface area contributed by atoms with Gasteiger partial charge < -0.3 is 10.5 Å². The highest BCUT2D eigenvalue weighted by atomic mass is 35.5. The first-order valence-electron chi connectivity index (χ1n) is 4.47. The van der Waals surface area contributed by atoms with E-state index in [0.29, 0.717) is 18.2 Å². The molecule has 0 aliphatic rings. The predicted octanol–water partition coefficient (Wildman–Crippen LogP) is 2.32. The quantitative estimate of drug-likeness (QED) is 0.812. The van der Waals surface area contributed by atoms with E-state index in [4.69, 9.17) is 22.1 Å². The van der Waals surface area contributed by atoms with E-state index in [1.165, 1.54) is 5.56 Å². The third-order valence-corrected chi connectivity index (χ3v) is 1.84. The Hall–Kier alpha value is -0.990. The summed E-state index contributed by atoms with van der Waals surface area (Å²) in [5, 5.41) is 0.495. The molecule has 14 heavy (non-hydrogen) atoms. The smallest absolute Gasteiger partial charge is 0.123 e. The van der Waals surface area contributed by atoms with Crippen LogP contribution in [0.15, 0.2) is 35.9 Å². The summed E-state index contributed by atoms with van der Waals surface area (Å²) in [4.78, 5) is 0. The Morgan fingerprint density at radius 2 is 2.29 bits per heavy atom. The molecule has 2 nitrogen and oxygen atoms in total. The lowest BCUT2D eigenvalue weighted by atomic mass is 10.1. The number of hydrogen-bond donors (Lipinski definition) is 1. The van der Waals surface area contributed by atoms with Crippen molar-refractivity contribution in [3.8, 4) is 5.75 Å². The van der Waals surface area contributed by atoms with Gasteiger partial charge >= 0.3 is 0 Å². The van der Waals surface area contributed by atoms with E-state index >= 15 is 0 Å². The van der Waals surface area contributed by atoms with Crippen LogP contribution in [-0.2, 0) is 6.42 Å². The molecule has 0 saturated carbocycles. The van der Waals surface area contributed by atoms with Crippen molar-refractivity contribution in [2.45, 2.75) is 6.42 Å². The van der Waals surface area contributed by atoms with Crippen LogP contribution in [-0.4, -0.2) is 13.2 Å². The normalized spacial score (nSPS) is 9.86. The topological polar surface area (TPSA) is 35.2 Å². The predicted molar refractivity (Wildman–Crippen MR) is 59.7 cm³/mol. The molecule has 0 spiro atoms. The van der Waals surface area contributed by atoms with Gasteiger partial charge in [-0.2, -0.15) is 0 Å². The van der Waals surface area contributed by atoms with Gasteiger partial charge in [-0.25, -0.2) is 0 Å². The lowest BCUT2D eigenvalue weighted by molar-refractivity contribution is 0.359. The van der Waals surface area contributed by atoms with Crippen LogP contribution in [0.25, 0.3) is 0 Å². The molecule has 0 amide bonds. The molecule has 2 N–H and O–H groups in total. The Labute approximate surface area is 89.3 Å². The molecule has 0 aromatic heterocycles. The Balaban J connectivity index is 2.58. The molecule has 1 rings (SSSR count). The molecule has 0 aliphatic carbocycles. The van der Waals surface area contributed by atoms with Gasteiger partial charge in [-0.15, -0.1) is 0 Å². The van der Waals surface area contributed by atoms with Crippen molar-refractivity contribution in [1.29, 1.82) is 0 Å². The molecule has 0 unspecified atom stereocenters. The zero-order valence-corrected chi connectivity index (χ0v) is 8.76. The van der Waals surface area contributed by atoms with Crippen LogP contribution >= 0.6 is 11.6 Å². The maximum absolute atomic E-state index is 5.59. The summed E-state index contributed by atoms with van der Waals surface area (Å²) >= 11 is 5.59. The van der Waals surface area contributed by atoms with Crippen molar-refractivity contribution in [3.63, 3.8) is 0 Å². The number of halogens is 1. The summed E-state index contributed by atoms with van der Waals surface area (Å²) in [6.07, 6.45) is 0.860. The highest BCUT2D eigenvalue weighted by Gasteiger charge is 1.96. The minimum absolute atomic E-state index is 0.341. The van der Waals surface area contributed by atoms with Crippen LogP contribution in [0.2, 0.25) is 0 Å². The average Bonchev–Trinajstić information content (AvgIpc) is 2.16.